The highest BCUT2D eigenvalue weighted by Crippen LogP contribution is 2.35. The molecule has 0 aliphatic carbocycles. The smallest absolute Gasteiger partial charge is 0.115 e. The molecule has 4 rings (SSSR count). The van der Waals surface area contributed by atoms with Crippen LogP contribution >= 0.6 is 0 Å². The molecular formula is C15H19NO4. The Morgan fingerprint density at radius 1 is 1.00 bits per heavy atom. The predicted molar refractivity (Wildman–Crippen MR) is 71.6 cm³/mol. The molecule has 0 spiro atoms. The highest BCUT2D eigenvalue weighted by Gasteiger charge is 2.42. The fourth-order valence-corrected chi connectivity index (χ4v) is 2.74. The van der Waals surface area contributed by atoms with Crippen molar-refractivity contribution in [1.29, 1.82) is 0 Å². The third kappa shape index (κ3) is 2.96. The number of ether oxygens (including phenoxy) is 3. The van der Waals surface area contributed by atoms with E-state index in [1.54, 1.807) is 12.1 Å². The van der Waals surface area contributed by atoms with E-state index in [2.05, 4.69) is 4.90 Å². The van der Waals surface area contributed by atoms with Crippen molar-refractivity contribution < 1.29 is 19.3 Å². The zero-order chi connectivity index (χ0) is 13.5. The van der Waals surface area contributed by atoms with Crippen LogP contribution in [-0.4, -0.2) is 61.2 Å². The summed E-state index contributed by atoms with van der Waals surface area (Å²) in [5.41, 5.74) is 1.19. The molecule has 5 nitrogen and oxygen atoms in total. The highest BCUT2D eigenvalue weighted by molar-refractivity contribution is 5.29. The Morgan fingerprint density at radius 3 is 2.00 bits per heavy atom. The summed E-state index contributed by atoms with van der Waals surface area (Å²) in [6.45, 7) is 4.36. The van der Waals surface area contributed by atoms with Gasteiger partial charge in [-0.2, -0.15) is 0 Å². The molecule has 1 N–H and O–H groups in total. The molecule has 4 unspecified atom stereocenters. The van der Waals surface area contributed by atoms with Gasteiger partial charge in [0, 0.05) is 13.1 Å². The number of rotatable bonds is 7. The molecule has 0 saturated carbocycles. The average molecular weight is 277 g/mol. The summed E-state index contributed by atoms with van der Waals surface area (Å²) >= 11 is 0. The molecule has 1 aromatic carbocycles. The molecule has 3 aliphatic heterocycles. The van der Waals surface area contributed by atoms with Crippen LogP contribution in [0.25, 0.3) is 0 Å². The van der Waals surface area contributed by atoms with Crippen LogP contribution in [0.4, 0.5) is 0 Å². The Morgan fingerprint density at radius 2 is 1.55 bits per heavy atom. The Kier molecular flexibility index (Phi) is 3.15. The first-order valence-electron chi connectivity index (χ1n) is 7.17. The van der Waals surface area contributed by atoms with Crippen molar-refractivity contribution in [1.82, 2.24) is 4.90 Å². The maximum absolute atomic E-state index is 9.46. The van der Waals surface area contributed by atoms with Crippen LogP contribution in [-0.2, 0) is 14.2 Å². The van der Waals surface area contributed by atoms with E-state index >= 15 is 0 Å². The fraction of sp³-hybridized carbons (Fsp3) is 0.600. The van der Waals surface area contributed by atoms with E-state index in [0.29, 0.717) is 18.0 Å². The van der Waals surface area contributed by atoms with Crippen molar-refractivity contribution in [3.8, 4) is 5.75 Å². The summed E-state index contributed by atoms with van der Waals surface area (Å²) in [4.78, 5) is 2.42. The molecule has 5 heteroatoms. The van der Waals surface area contributed by atoms with Gasteiger partial charge in [0.2, 0.25) is 0 Å². The van der Waals surface area contributed by atoms with Crippen LogP contribution in [0, 0.1) is 0 Å². The van der Waals surface area contributed by atoms with E-state index in [1.165, 1.54) is 5.56 Å². The van der Waals surface area contributed by atoms with Crippen molar-refractivity contribution in [3.63, 3.8) is 0 Å². The van der Waals surface area contributed by atoms with Crippen LogP contribution in [0.5, 0.6) is 5.75 Å². The number of aromatic hydroxyl groups is 1. The minimum Gasteiger partial charge on any atom is -0.508 e. The molecule has 3 aliphatic rings. The zero-order valence-electron chi connectivity index (χ0n) is 11.3. The molecule has 1 aromatic rings. The Balaban J connectivity index is 1.55. The second-order valence-corrected chi connectivity index (χ2v) is 5.77. The first-order valence-corrected chi connectivity index (χ1v) is 7.17. The zero-order valence-corrected chi connectivity index (χ0v) is 11.3. The lowest BCUT2D eigenvalue weighted by Crippen LogP contribution is -2.38. The average Bonchev–Trinajstić information content (AvgIpc) is 3.25. The number of hydrogen-bond donors (Lipinski definition) is 1. The number of hydrogen-bond acceptors (Lipinski definition) is 5. The molecule has 0 aromatic heterocycles. The molecule has 0 radical (unpaired) electrons. The summed E-state index contributed by atoms with van der Waals surface area (Å²) in [5, 5.41) is 9.46. The van der Waals surface area contributed by atoms with Crippen molar-refractivity contribution in [3.05, 3.63) is 29.8 Å². The third-order valence-corrected chi connectivity index (χ3v) is 4.02. The summed E-state index contributed by atoms with van der Waals surface area (Å²) in [6, 6.07) is 7.67. The SMILES string of the molecule is Oc1ccc(C(C2CO2)N(CC2CO2)CC2CO2)cc1. The molecule has 0 amide bonds. The van der Waals surface area contributed by atoms with Crippen LogP contribution in [0.2, 0.25) is 0 Å². The van der Waals surface area contributed by atoms with Gasteiger partial charge in [-0.3, -0.25) is 4.90 Å². The molecule has 3 fully saturated rings. The molecule has 4 atom stereocenters. The predicted octanol–water partition coefficient (Wildman–Crippen LogP) is 0.932. The lowest BCUT2D eigenvalue weighted by atomic mass is 10.0. The van der Waals surface area contributed by atoms with Crippen molar-refractivity contribution in [2.24, 2.45) is 0 Å². The molecule has 3 heterocycles. The van der Waals surface area contributed by atoms with Crippen molar-refractivity contribution >= 4 is 0 Å². The van der Waals surface area contributed by atoms with Crippen molar-refractivity contribution in [2.75, 3.05) is 32.9 Å². The van der Waals surface area contributed by atoms with Gasteiger partial charge in [0.1, 0.15) is 11.9 Å². The van der Waals surface area contributed by atoms with E-state index in [0.717, 1.165) is 32.9 Å². The molecule has 108 valence electrons. The van der Waals surface area contributed by atoms with E-state index < -0.39 is 0 Å². The van der Waals surface area contributed by atoms with Crippen molar-refractivity contribution in [2.45, 2.75) is 24.4 Å². The number of phenols is 1. The number of epoxide rings is 3. The molecule has 3 saturated heterocycles. The fourth-order valence-electron chi connectivity index (χ4n) is 2.74. The van der Waals surface area contributed by atoms with E-state index in [4.69, 9.17) is 14.2 Å². The van der Waals surface area contributed by atoms with Gasteiger partial charge in [0.15, 0.2) is 0 Å². The van der Waals surface area contributed by atoms with E-state index in [1.807, 2.05) is 12.1 Å². The number of nitrogens with zero attached hydrogens (tertiary/aromatic N) is 1. The van der Waals surface area contributed by atoms with Gasteiger partial charge in [0.25, 0.3) is 0 Å². The molecule has 0 bridgehead atoms. The highest BCUT2D eigenvalue weighted by atomic mass is 16.6. The summed E-state index contributed by atoms with van der Waals surface area (Å²) < 4.78 is 16.3. The van der Waals surface area contributed by atoms with Gasteiger partial charge in [0.05, 0.1) is 38.1 Å². The quantitative estimate of drug-likeness (QED) is 0.751. The van der Waals surface area contributed by atoms with Crippen LogP contribution in [0.3, 0.4) is 0 Å². The van der Waals surface area contributed by atoms with Crippen LogP contribution in [0.1, 0.15) is 11.6 Å². The van der Waals surface area contributed by atoms with Gasteiger partial charge in [-0.05, 0) is 17.7 Å². The maximum Gasteiger partial charge on any atom is 0.115 e. The molecular weight excluding hydrogens is 258 g/mol. The van der Waals surface area contributed by atoms with Gasteiger partial charge in [-0.25, -0.2) is 0 Å². The second-order valence-electron chi connectivity index (χ2n) is 5.77. The minimum absolute atomic E-state index is 0.226. The standard InChI is InChI=1S/C15H19NO4/c17-11-3-1-10(2-4-11)15(14-9-20-14)16(5-12-7-18-12)6-13-8-19-13/h1-4,12-15,17H,5-9H2. The van der Waals surface area contributed by atoms with Gasteiger partial charge in [-0.1, -0.05) is 12.1 Å². The maximum atomic E-state index is 9.46. The first kappa shape index (κ1) is 12.6. The van der Waals surface area contributed by atoms with E-state index in [9.17, 15) is 5.11 Å². The Hall–Kier alpha value is -1.14. The summed E-state index contributed by atoms with van der Waals surface area (Å²) in [6.07, 6.45) is 0.955. The first-order chi connectivity index (χ1) is 9.79. The van der Waals surface area contributed by atoms with Gasteiger partial charge in [-0.15, -0.1) is 0 Å². The normalized spacial score (nSPS) is 32.1. The van der Waals surface area contributed by atoms with Crippen LogP contribution in [0.15, 0.2) is 24.3 Å². The number of benzene rings is 1. The largest absolute Gasteiger partial charge is 0.508 e. The van der Waals surface area contributed by atoms with Gasteiger partial charge < -0.3 is 19.3 Å². The monoisotopic (exact) mass is 277 g/mol. The Bertz CT molecular complexity index is 451. The van der Waals surface area contributed by atoms with Crippen LogP contribution < -0.4 is 0 Å². The lowest BCUT2D eigenvalue weighted by Gasteiger charge is -2.30. The third-order valence-electron chi connectivity index (χ3n) is 4.02. The van der Waals surface area contributed by atoms with E-state index in [-0.39, 0.29) is 12.1 Å². The Labute approximate surface area is 118 Å². The number of phenolic OH excluding ortho intramolecular Hbond substituents is 1. The topological polar surface area (TPSA) is 61.1 Å². The summed E-state index contributed by atoms with van der Waals surface area (Å²) in [5.74, 6) is 0.298. The lowest BCUT2D eigenvalue weighted by molar-refractivity contribution is 0.137. The van der Waals surface area contributed by atoms with Gasteiger partial charge >= 0.3 is 0 Å². The summed E-state index contributed by atoms with van der Waals surface area (Å²) in [7, 11) is 0. The minimum atomic E-state index is 0.226. The second kappa shape index (κ2) is 5.00. The molecule has 20 heavy (non-hydrogen) atoms.